The van der Waals surface area contributed by atoms with Crippen molar-refractivity contribution < 1.29 is 36.9 Å². The highest BCUT2D eigenvalue weighted by molar-refractivity contribution is 7.53. The van der Waals surface area contributed by atoms with E-state index in [-0.39, 0.29) is 25.1 Å². The minimum atomic E-state index is -3.59. The maximum atomic E-state index is 12.6. The number of nitrogens with zero attached hydrogens (tertiary/aromatic N) is 3. The molecule has 2 rings (SSSR count). The van der Waals surface area contributed by atoms with Crippen LogP contribution in [0.25, 0.3) is 0 Å². The second kappa shape index (κ2) is 14.6. The second-order valence-electron chi connectivity index (χ2n) is 8.50. The molecule has 1 aromatic heterocycles. The van der Waals surface area contributed by atoms with E-state index in [0.717, 1.165) is 4.57 Å². The van der Waals surface area contributed by atoms with Crippen molar-refractivity contribution in [2.75, 3.05) is 34.3 Å². The zero-order valence-corrected chi connectivity index (χ0v) is 23.8. The Morgan fingerprint density at radius 1 is 1.19 bits per heavy atom. The molecule has 37 heavy (non-hydrogen) atoms. The lowest BCUT2D eigenvalue weighted by atomic mass is 10.2. The van der Waals surface area contributed by atoms with Crippen LogP contribution in [0.15, 0.2) is 21.9 Å². The normalized spacial score (nSPS) is 23.2. The lowest BCUT2D eigenvalue weighted by Gasteiger charge is -2.38. The Hall–Kier alpha value is -1.49. The van der Waals surface area contributed by atoms with E-state index >= 15 is 0 Å². The van der Waals surface area contributed by atoms with Gasteiger partial charge in [0.2, 0.25) is 0 Å². The van der Waals surface area contributed by atoms with E-state index < -0.39 is 58.4 Å². The summed E-state index contributed by atoms with van der Waals surface area (Å²) >= 11 is 0. The predicted molar refractivity (Wildman–Crippen MR) is 134 cm³/mol. The molecule has 210 valence electrons. The zero-order valence-electron chi connectivity index (χ0n) is 22.1. The molecule has 1 saturated heterocycles. The average Bonchev–Trinajstić information content (AvgIpc) is 3.18. The number of hydrogen-bond acceptors (Lipinski definition) is 12. The third-order valence-electron chi connectivity index (χ3n) is 5.37. The average molecular weight is 566 g/mol. The van der Waals surface area contributed by atoms with Crippen LogP contribution in [-0.4, -0.2) is 79.1 Å². The summed E-state index contributed by atoms with van der Waals surface area (Å²) in [5.41, 5.74) is -1.30. The zero-order chi connectivity index (χ0) is 27.8. The van der Waals surface area contributed by atoms with Gasteiger partial charge >= 0.3 is 13.3 Å². The number of H-pyrrole nitrogens is 1. The molecule has 0 aromatic carbocycles. The minimum absolute atomic E-state index is 0.00990. The summed E-state index contributed by atoms with van der Waals surface area (Å²) < 4.78 is 55.6. The standard InChI is InChI=1S/C21H36N4O10P2/c1-14(2)25(15(3)4)36(33-12-8-10-22)35-18-17(29-5)19(24-11-9-16(26)23-21(24)27)34-20(18)32-13-37(28,30-6)31-7/h9,11,14-15,17-20H,8,12-13H2,1-7H3,(H,23,26,27)/t17?,18?,19-,20+,36?/m1/s1. The van der Waals surface area contributed by atoms with Crippen LogP contribution >= 0.6 is 16.1 Å². The summed E-state index contributed by atoms with van der Waals surface area (Å²) in [6.07, 6.45) is -3.21. The van der Waals surface area contributed by atoms with Gasteiger partial charge in [-0.1, -0.05) is 0 Å². The molecule has 1 aromatic rings. The largest absolute Gasteiger partial charge is 0.374 e. The molecule has 1 aliphatic rings. The molecule has 0 aliphatic carbocycles. The van der Waals surface area contributed by atoms with Crippen LogP contribution in [0.5, 0.6) is 0 Å². The Balaban J connectivity index is 2.47. The van der Waals surface area contributed by atoms with Gasteiger partial charge in [-0.2, -0.15) is 5.26 Å². The number of hydrogen-bond donors (Lipinski definition) is 1. The number of nitriles is 1. The van der Waals surface area contributed by atoms with Crippen molar-refractivity contribution in [2.45, 2.75) is 70.9 Å². The van der Waals surface area contributed by atoms with Crippen molar-refractivity contribution in [1.29, 1.82) is 5.26 Å². The molecule has 5 atom stereocenters. The van der Waals surface area contributed by atoms with Gasteiger partial charge in [0.15, 0.2) is 18.9 Å². The number of rotatable bonds is 15. The van der Waals surface area contributed by atoms with Crippen molar-refractivity contribution in [3.8, 4) is 6.07 Å². The highest BCUT2D eigenvalue weighted by Crippen LogP contribution is 2.52. The fourth-order valence-electron chi connectivity index (χ4n) is 3.70. The summed E-state index contributed by atoms with van der Waals surface area (Å²) in [4.78, 5) is 26.3. The number of ether oxygens (including phenoxy) is 3. The van der Waals surface area contributed by atoms with Gasteiger partial charge in [0.25, 0.3) is 14.1 Å². The second-order valence-corrected chi connectivity index (χ2v) is 12.1. The summed E-state index contributed by atoms with van der Waals surface area (Å²) in [6.45, 7) is 8.05. The van der Waals surface area contributed by atoms with Gasteiger partial charge in [-0.15, -0.1) is 0 Å². The topological polar surface area (TPSA) is 164 Å². The lowest BCUT2D eigenvalue weighted by molar-refractivity contribution is -0.166. The van der Waals surface area contributed by atoms with Crippen molar-refractivity contribution in [3.05, 3.63) is 33.1 Å². The summed E-state index contributed by atoms with van der Waals surface area (Å²) in [5.74, 6) is 0. The predicted octanol–water partition coefficient (Wildman–Crippen LogP) is 2.53. The number of methoxy groups -OCH3 is 1. The molecule has 0 saturated carbocycles. The Morgan fingerprint density at radius 3 is 2.35 bits per heavy atom. The van der Waals surface area contributed by atoms with Crippen molar-refractivity contribution in [2.24, 2.45) is 0 Å². The third kappa shape index (κ3) is 8.25. The first kappa shape index (κ1) is 31.7. The summed E-state index contributed by atoms with van der Waals surface area (Å²) in [5, 5.41) is 9.00. The van der Waals surface area contributed by atoms with E-state index in [1.54, 1.807) is 0 Å². The van der Waals surface area contributed by atoms with Crippen LogP contribution in [0, 0.1) is 11.3 Å². The SMILES string of the molecule is COC1C(OP(OCCC#N)N(C(C)C)C(C)C)[C@@H](OCP(=O)(OC)OC)O[C@H]1n1ccc(=O)[nH]c1=O. The molecule has 0 amide bonds. The van der Waals surface area contributed by atoms with Crippen LogP contribution in [0.2, 0.25) is 0 Å². The maximum Gasteiger partial charge on any atom is 0.355 e. The van der Waals surface area contributed by atoms with Gasteiger partial charge in [0, 0.05) is 45.7 Å². The van der Waals surface area contributed by atoms with Crippen LogP contribution in [0.1, 0.15) is 40.3 Å². The van der Waals surface area contributed by atoms with Crippen molar-refractivity contribution in [3.63, 3.8) is 0 Å². The fraction of sp³-hybridized carbons (Fsp3) is 0.762. The van der Waals surface area contributed by atoms with Crippen LogP contribution < -0.4 is 11.2 Å². The highest BCUT2D eigenvalue weighted by atomic mass is 31.2. The Kier molecular flexibility index (Phi) is 12.5. The molecular weight excluding hydrogens is 530 g/mol. The molecule has 3 unspecified atom stereocenters. The van der Waals surface area contributed by atoms with E-state index in [4.69, 9.17) is 37.6 Å². The summed E-state index contributed by atoms with van der Waals surface area (Å²) in [6, 6.07) is 3.23. The van der Waals surface area contributed by atoms with E-state index in [1.807, 2.05) is 38.4 Å². The molecule has 14 nitrogen and oxygen atoms in total. The van der Waals surface area contributed by atoms with E-state index in [2.05, 4.69) is 4.98 Å². The number of nitrogens with one attached hydrogen (secondary N) is 1. The molecule has 0 bridgehead atoms. The first-order valence-electron chi connectivity index (χ1n) is 11.6. The molecule has 1 N–H and O–H groups in total. The Morgan fingerprint density at radius 2 is 1.84 bits per heavy atom. The van der Waals surface area contributed by atoms with Gasteiger partial charge in [0.1, 0.15) is 12.2 Å². The number of aromatic nitrogens is 2. The third-order valence-corrected chi connectivity index (χ3v) is 9.08. The minimum Gasteiger partial charge on any atom is -0.374 e. The quantitative estimate of drug-likeness (QED) is 0.244. The van der Waals surface area contributed by atoms with Gasteiger partial charge in [-0.3, -0.25) is 18.9 Å². The summed E-state index contributed by atoms with van der Waals surface area (Å²) in [7, 11) is -1.49. The molecule has 1 aliphatic heterocycles. The lowest BCUT2D eigenvalue weighted by Crippen LogP contribution is -2.41. The fourth-order valence-corrected chi connectivity index (χ4v) is 6.12. The van der Waals surface area contributed by atoms with Gasteiger partial charge in [-0.05, 0) is 27.7 Å². The molecule has 1 fully saturated rings. The smallest absolute Gasteiger partial charge is 0.355 e. The Bertz CT molecular complexity index is 1040. The van der Waals surface area contributed by atoms with Crippen molar-refractivity contribution >= 4 is 16.1 Å². The molecule has 2 heterocycles. The van der Waals surface area contributed by atoms with Crippen LogP contribution in [0.4, 0.5) is 0 Å². The Labute approximate surface area is 217 Å². The maximum absolute atomic E-state index is 12.6. The highest BCUT2D eigenvalue weighted by Gasteiger charge is 2.51. The monoisotopic (exact) mass is 566 g/mol. The molecular formula is C21H36N4O10P2. The first-order chi connectivity index (χ1) is 17.5. The van der Waals surface area contributed by atoms with Crippen LogP contribution in [0.3, 0.4) is 0 Å². The van der Waals surface area contributed by atoms with E-state index in [9.17, 15) is 14.2 Å². The van der Waals surface area contributed by atoms with Crippen molar-refractivity contribution in [1.82, 2.24) is 14.2 Å². The van der Waals surface area contributed by atoms with Gasteiger partial charge in [-0.25, -0.2) is 9.46 Å². The molecule has 0 radical (unpaired) electrons. The molecule has 0 spiro atoms. The van der Waals surface area contributed by atoms with Gasteiger partial charge in [0.05, 0.1) is 19.1 Å². The molecule has 16 heteroatoms. The van der Waals surface area contributed by atoms with E-state index in [1.165, 1.54) is 33.6 Å². The van der Waals surface area contributed by atoms with Gasteiger partial charge < -0.3 is 32.3 Å². The van der Waals surface area contributed by atoms with E-state index in [0.29, 0.717) is 0 Å². The first-order valence-corrected chi connectivity index (χ1v) is 14.4. The number of aromatic amines is 1. The van der Waals surface area contributed by atoms with Crippen LogP contribution in [-0.2, 0) is 36.9 Å².